The lowest BCUT2D eigenvalue weighted by atomic mass is 9.65. The molecule has 0 aromatic heterocycles. The number of ether oxygens (including phenoxy) is 6. The molecule has 4 atom stereocenters. The minimum absolute atomic E-state index is 0.102. The van der Waals surface area contributed by atoms with E-state index in [1.54, 1.807) is 12.1 Å². The highest BCUT2D eigenvalue weighted by atomic mass is 16.7. The number of nitrogens with one attached hydrogen (secondary N) is 1. The molecule has 42 heavy (non-hydrogen) atoms. The van der Waals surface area contributed by atoms with E-state index in [4.69, 9.17) is 33.5 Å². The maximum Gasteiger partial charge on any atom is 0.310 e. The maximum absolute atomic E-state index is 13.4. The second-order valence-electron chi connectivity index (χ2n) is 10.7. The van der Waals surface area contributed by atoms with Crippen LogP contribution in [0.15, 0.2) is 48.5 Å². The van der Waals surface area contributed by atoms with Crippen LogP contribution >= 0.6 is 0 Å². The van der Waals surface area contributed by atoms with E-state index < -0.39 is 11.8 Å². The van der Waals surface area contributed by atoms with Crippen molar-refractivity contribution < 1.29 is 43.4 Å². The van der Waals surface area contributed by atoms with Crippen molar-refractivity contribution >= 4 is 11.7 Å². The summed E-state index contributed by atoms with van der Waals surface area (Å²) in [6.45, 7) is 1.66. The fourth-order valence-electron chi connectivity index (χ4n) is 6.22. The average Bonchev–Trinajstić information content (AvgIpc) is 3.63. The van der Waals surface area contributed by atoms with Gasteiger partial charge in [-0.2, -0.15) is 0 Å². The van der Waals surface area contributed by atoms with E-state index in [-0.39, 0.29) is 55.2 Å². The van der Waals surface area contributed by atoms with Gasteiger partial charge in [0, 0.05) is 30.7 Å². The summed E-state index contributed by atoms with van der Waals surface area (Å²) in [5.74, 6) is 0.313. The molecule has 0 radical (unpaired) electrons. The van der Waals surface area contributed by atoms with Crippen LogP contribution in [0.4, 0.5) is 5.69 Å². The molecule has 0 spiro atoms. The third-order valence-electron chi connectivity index (χ3n) is 8.29. The zero-order chi connectivity index (χ0) is 29.2. The molecule has 0 unspecified atom stereocenters. The molecule has 2 heterocycles. The first kappa shape index (κ1) is 28.0. The summed E-state index contributed by atoms with van der Waals surface area (Å²) in [4.78, 5) is 13.4. The highest BCUT2D eigenvalue weighted by Gasteiger charge is 2.52. The van der Waals surface area contributed by atoms with E-state index >= 15 is 0 Å². The summed E-state index contributed by atoms with van der Waals surface area (Å²) in [7, 11) is 2.96. The summed E-state index contributed by atoms with van der Waals surface area (Å²) < 4.78 is 33.8. The van der Waals surface area contributed by atoms with Gasteiger partial charge in [-0.3, -0.25) is 4.79 Å². The zero-order valence-corrected chi connectivity index (χ0v) is 23.6. The standard InChI is InChI=1S/C32H35NO9/c1-37-26-11-19(12-27(38-2)31(26)35)28-21-13-24-25(42-17-41-24)14-22(21)30(23-16-40-32(36)29(23)28)33-20-7-5-18(6-8-20)15-39-10-4-3-9-34/h5-8,11-14,23,28-30,33-35H,3-4,9-10,15-17H2,1-2H3/t23-,28+,29-,30+/m0/s1. The molecule has 1 aliphatic carbocycles. The summed E-state index contributed by atoms with van der Waals surface area (Å²) in [6, 6.07) is 15.2. The molecule has 0 amide bonds. The number of aliphatic hydroxyl groups is 1. The molecule has 10 nitrogen and oxygen atoms in total. The number of hydrogen-bond acceptors (Lipinski definition) is 10. The largest absolute Gasteiger partial charge is 0.502 e. The van der Waals surface area contributed by atoms with Gasteiger partial charge in [0.2, 0.25) is 12.5 Å². The Labute approximate surface area is 244 Å². The highest BCUT2D eigenvalue weighted by Crippen LogP contribution is 2.56. The molecule has 3 aliphatic rings. The van der Waals surface area contributed by atoms with Gasteiger partial charge in [-0.1, -0.05) is 12.1 Å². The van der Waals surface area contributed by atoms with Crippen molar-refractivity contribution in [3.63, 3.8) is 0 Å². The second-order valence-corrected chi connectivity index (χ2v) is 10.7. The Bertz CT molecular complexity index is 1420. The molecular formula is C32H35NO9. The van der Waals surface area contributed by atoms with Gasteiger partial charge in [-0.25, -0.2) is 0 Å². The molecule has 3 aromatic rings. The number of phenols is 1. The van der Waals surface area contributed by atoms with Gasteiger partial charge < -0.3 is 44.0 Å². The molecule has 6 rings (SSSR count). The quantitative estimate of drug-likeness (QED) is 0.221. The SMILES string of the molecule is COc1cc([C@@H]2c3cc4c(cc3[C@@H](Nc3ccc(COCCCCO)cc3)[C@H]3COC(=O)[C@H]23)OCO4)cc(OC)c1O. The number of aliphatic hydroxyl groups excluding tert-OH is 1. The molecule has 1 fully saturated rings. The predicted molar refractivity (Wildman–Crippen MR) is 152 cm³/mol. The number of aromatic hydroxyl groups is 1. The Morgan fingerprint density at radius 1 is 0.929 bits per heavy atom. The van der Waals surface area contributed by atoms with Crippen LogP contribution in [0.5, 0.6) is 28.7 Å². The summed E-state index contributed by atoms with van der Waals surface area (Å²) in [6.07, 6.45) is 1.55. The van der Waals surface area contributed by atoms with Crippen molar-refractivity contribution in [1.29, 1.82) is 0 Å². The van der Waals surface area contributed by atoms with Crippen LogP contribution in [0.25, 0.3) is 0 Å². The van der Waals surface area contributed by atoms with E-state index in [0.717, 1.165) is 40.8 Å². The number of carbonyl (C=O) groups is 1. The molecule has 2 aliphatic heterocycles. The van der Waals surface area contributed by atoms with Crippen LogP contribution in [0.3, 0.4) is 0 Å². The van der Waals surface area contributed by atoms with Gasteiger partial charge in [0.1, 0.15) is 0 Å². The first-order valence-corrected chi connectivity index (χ1v) is 14.1. The maximum atomic E-state index is 13.4. The van der Waals surface area contributed by atoms with Crippen LogP contribution in [-0.4, -0.2) is 57.0 Å². The number of phenolic OH excluding ortho intramolecular Hbond substituents is 1. The lowest BCUT2D eigenvalue weighted by Gasteiger charge is -2.40. The number of cyclic esters (lactones) is 1. The topological polar surface area (TPSA) is 125 Å². The Morgan fingerprint density at radius 2 is 1.62 bits per heavy atom. The fourth-order valence-corrected chi connectivity index (χ4v) is 6.22. The van der Waals surface area contributed by atoms with Crippen molar-refractivity contribution in [2.75, 3.05) is 46.1 Å². The molecule has 10 heteroatoms. The summed E-state index contributed by atoms with van der Waals surface area (Å²) >= 11 is 0. The lowest BCUT2D eigenvalue weighted by Crippen LogP contribution is -2.37. The van der Waals surface area contributed by atoms with Gasteiger partial charge in [0.15, 0.2) is 23.0 Å². The van der Waals surface area contributed by atoms with Gasteiger partial charge in [0.25, 0.3) is 0 Å². The number of methoxy groups -OCH3 is 2. The molecule has 0 saturated carbocycles. The number of anilines is 1. The summed E-state index contributed by atoms with van der Waals surface area (Å²) in [5, 5.41) is 23.2. The first-order chi connectivity index (χ1) is 20.5. The Kier molecular flexibility index (Phi) is 7.99. The van der Waals surface area contributed by atoms with Crippen LogP contribution < -0.4 is 24.3 Å². The molecule has 3 N–H and O–H groups in total. The third kappa shape index (κ3) is 5.16. The van der Waals surface area contributed by atoms with Gasteiger partial charge >= 0.3 is 5.97 Å². The minimum atomic E-state index is -0.499. The second kappa shape index (κ2) is 12.0. The van der Waals surface area contributed by atoms with Crippen molar-refractivity contribution in [2.45, 2.75) is 31.4 Å². The molecule has 3 aromatic carbocycles. The van der Waals surface area contributed by atoms with Crippen molar-refractivity contribution in [3.8, 4) is 28.7 Å². The smallest absolute Gasteiger partial charge is 0.310 e. The summed E-state index contributed by atoms with van der Waals surface area (Å²) in [5.41, 5.74) is 4.59. The molecule has 1 saturated heterocycles. The monoisotopic (exact) mass is 577 g/mol. The number of fused-ring (bicyclic) bond motifs is 3. The number of carbonyl (C=O) groups excluding carboxylic acids is 1. The van der Waals surface area contributed by atoms with E-state index in [1.165, 1.54) is 14.2 Å². The number of unbranched alkanes of at least 4 members (excludes halogenated alkanes) is 1. The zero-order valence-electron chi connectivity index (χ0n) is 23.6. The van der Waals surface area contributed by atoms with Crippen LogP contribution in [-0.2, 0) is 20.9 Å². The van der Waals surface area contributed by atoms with Crippen molar-refractivity contribution in [3.05, 3.63) is 70.8 Å². The van der Waals surface area contributed by atoms with E-state index in [2.05, 4.69) is 5.32 Å². The number of rotatable bonds is 11. The van der Waals surface area contributed by atoms with Gasteiger partial charge in [-0.05, 0) is 71.5 Å². The van der Waals surface area contributed by atoms with E-state index in [0.29, 0.717) is 24.7 Å². The van der Waals surface area contributed by atoms with Crippen LogP contribution in [0.1, 0.15) is 47.1 Å². The minimum Gasteiger partial charge on any atom is -0.502 e. The number of esters is 1. The molecular weight excluding hydrogens is 542 g/mol. The predicted octanol–water partition coefficient (Wildman–Crippen LogP) is 4.52. The third-order valence-corrected chi connectivity index (χ3v) is 8.29. The molecule has 222 valence electrons. The highest BCUT2D eigenvalue weighted by molar-refractivity contribution is 5.79. The van der Waals surface area contributed by atoms with Gasteiger partial charge in [0.05, 0.1) is 39.4 Å². The van der Waals surface area contributed by atoms with E-state index in [9.17, 15) is 9.90 Å². The Balaban J connectivity index is 1.36. The Morgan fingerprint density at radius 3 is 2.29 bits per heavy atom. The van der Waals surface area contributed by atoms with Gasteiger partial charge in [-0.15, -0.1) is 0 Å². The average molecular weight is 578 g/mol. The Hall–Kier alpha value is -4.15. The first-order valence-electron chi connectivity index (χ1n) is 14.1. The molecule has 0 bridgehead atoms. The van der Waals surface area contributed by atoms with Crippen LogP contribution in [0, 0.1) is 11.8 Å². The van der Waals surface area contributed by atoms with Crippen LogP contribution in [0.2, 0.25) is 0 Å². The normalized spacial score (nSPS) is 21.8. The fraction of sp³-hybridized carbons (Fsp3) is 0.406. The van der Waals surface area contributed by atoms with Crippen molar-refractivity contribution in [2.24, 2.45) is 11.8 Å². The lowest BCUT2D eigenvalue weighted by molar-refractivity contribution is -0.141. The van der Waals surface area contributed by atoms with Crippen molar-refractivity contribution in [1.82, 2.24) is 0 Å². The number of hydrogen-bond donors (Lipinski definition) is 3. The van der Waals surface area contributed by atoms with E-state index in [1.807, 2.05) is 36.4 Å². The number of benzene rings is 3.